The van der Waals surface area contributed by atoms with Gasteiger partial charge in [0.15, 0.2) is 0 Å². The van der Waals surface area contributed by atoms with Crippen LogP contribution in [0, 0.1) is 5.92 Å². The highest BCUT2D eigenvalue weighted by Crippen LogP contribution is 2.33. The fourth-order valence-electron chi connectivity index (χ4n) is 2.18. The van der Waals surface area contributed by atoms with E-state index in [1.54, 1.807) is 32.4 Å². The Morgan fingerprint density at radius 1 is 1.41 bits per heavy atom. The molecule has 2 aromatic rings. The normalized spacial score (nSPS) is 12.0. The van der Waals surface area contributed by atoms with E-state index >= 15 is 0 Å². The minimum atomic E-state index is -0.377. The van der Waals surface area contributed by atoms with Crippen molar-refractivity contribution in [3.05, 3.63) is 34.4 Å². The smallest absolute Gasteiger partial charge is 0.310 e. The molecule has 118 valence electrons. The monoisotopic (exact) mass is 340 g/mol. The second-order valence-corrected chi connectivity index (χ2v) is 6.71. The Labute approximate surface area is 137 Å². The highest BCUT2D eigenvalue weighted by Gasteiger charge is 2.22. The number of aromatic amines is 1. The van der Waals surface area contributed by atoms with Crippen molar-refractivity contribution < 1.29 is 14.3 Å². The topological polar surface area (TPSA) is 62.4 Å². The molecule has 0 aliphatic carbocycles. The molecule has 2 heterocycles. The molecule has 0 spiro atoms. The van der Waals surface area contributed by atoms with Gasteiger partial charge in [-0.05, 0) is 12.1 Å². The summed E-state index contributed by atoms with van der Waals surface area (Å²) in [5.74, 6) is -0.868. The van der Waals surface area contributed by atoms with Gasteiger partial charge >= 0.3 is 5.97 Å². The number of halogens is 1. The third kappa shape index (κ3) is 3.51. The third-order valence-electron chi connectivity index (χ3n) is 3.31. The van der Waals surface area contributed by atoms with Crippen LogP contribution in [-0.4, -0.2) is 42.5 Å². The molecule has 0 saturated heterocycles. The maximum Gasteiger partial charge on any atom is 0.310 e. The number of nitrogens with zero attached hydrogens (tertiary/aromatic N) is 1. The molecule has 0 aromatic carbocycles. The minimum absolute atomic E-state index is 0.156. The number of nitrogens with one attached hydrogen (secondary N) is 1. The van der Waals surface area contributed by atoms with Crippen LogP contribution in [0.5, 0.6) is 0 Å². The zero-order valence-electron chi connectivity index (χ0n) is 12.6. The molecule has 7 heteroatoms. The van der Waals surface area contributed by atoms with Gasteiger partial charge in [-0.15, -0.1) is 11.3 Å². The van der Waals surface area contributed by atoms with Gasteiger partial charge in [-0.2, -0.15) is 0 Å². The lowest BCUT2D eigenvalue weighted by Crippen LogP contribution is -2.34. The zero-order valence-corrected chi connectivity index (χ0v) is 14.1. The lowest BCUT2D eigenvalue weighted by atomic mass is 10.1. The molecule has 0 aliphatic rings. The maximum atomic E-state index is 12.6. The molecule has 0 radical (unpaired) electrons. The molecule has 5 nitrogen and oxygen atoms in total. The first-order valence-corrected chi connectivity index (χ1v) is 7.89. The van der Waals surface area contributed by atoms with E-state index in [4.69, 9.17) is 11.6 Å². The van der Waals surface area contributed by atoms with Crippen molar-refractivity contribution in [1.29, 1.82) is 0 Å². The standard InChI is InChI=1S/C15H17ClN2O3S/c1-9(15(20)21-3)8-18(2)14(19)11-7-17-6-10(11)12-4-5-13(16)22-12/h4-7,9,17H,8H2,1-3H3/t9-/m1/s1. The van der Waals surface area contributed by atoms with Crippen LogP contribution in [0.2, 0.25) is 4.34 Å². The Morgan fingerprint density at radius 2 is 2.14 bits per heavy atom. The van der Waals surface area contributed by atoms with Crippen LogP contribution in [0.25, 0.3) is 10.4 Å². The number of esters is 1. The van der Waals surface area contributed by atoms with Crippen molar-refractivity contribution in [3.63, 3.8) is 0 Å². The highest BCUT2D eigenvalue weighted by atomic mass is 35.5. The highest BCUT2D eigenvalue weighted by molar-refractivity contribution is 7.19. The van der Waals surface area contributed by atoms with E-state index < -0.39 is 0 Å². The van der Waals surface area contributed by atoms with Crippen molar-refractivity contribution in [2.75, 3.05) is 20.7 Å². The predicted octanol–water partition coefficient (Wildman–Crippen LogP) is 3.28. The van der Waals surface area contributed by atoms with E-state index in [0.29, 0.717) is 16.4 Å². The molecular formula is C15H17ClN2O3S. The van der Waals surface area contributed by atoms with E-state index in [2.05, 4.69) is 9.72 Å². The summed E-state index contributed by atoms with van der Waals surface area (Å²) in [4.78, 5) is 29.4. The van der Waals surface area contributed by atoms with E-state index in [1.807, 2.05) is 6.07 Å². The van der Waals surface area contributed by atoms with Gasteiger partial charge in [0.25, 0.3) is 5.91 Å². The summed E-state index contributed by atoms with van der Waals surface area (Å²) in [6.45, 7) is 2.02. The number of thiophene rings is 1. The van der Waals surface area contributed by atoms with Crippen molar-refractivity contribution in [2.24, 2.45) is 5.92 Å². The Bertz CT molecular complexity index is 680. The summed E-state index contributed by atoms with van der Waals surface area (Å²) in [5, 5.41) is 0. The summed E-state index contributed by atoms with van der Waals surface area (Å²) >= 11 is 7.36. The molecule has 2 rings (SSSR count). The van der Waals surface area contributed by atoms with Gasteiger partial charge < -0.3 is 14.6 Å². The SMILES string of the molecule is COC(=O)[C@H](C)CN(C)C(=O)c1c[nH]cc1-c1ccc(Cl)s1. The first-order valence-electron chi connectivity index (χ1n) is 6.69. The fraction of sp³-hybridized carbons (Fsp3) is 0.333. The van der Waals surface area contributed by atoms with Crippen LogP contribution < -0.4 is 0 Å². The van der Waals surface area contributed by atoms with Gasteiger partial charge in [0, 0.05) is 36.4 Å². The number of ether oxygens (including phenoxy) is 1. The summed E-state index contributed by atoms with van der Waals surface area (Å²) in [7, 11) is 3.01. The second kappa shape index (κ2) is 6.98. The van der Waals surface area contributed by atoms with Crippen LogP contribution in [0.4, 0.5) is 0 Å². The number of hydrogen-bond acceptors (Lipinski definition) is 4. The Hall–Kier alpha value is -1.79. The first kappa shape index (κ1) is 16.6. The average molecular weight is 341 g/mol. The Kier molecular flexibility index (Phi) is 5.26. The number of carbonyl (C=O) groups excluding carboxylic acids is 2. The lowest BCUT2D eigenvalue weighted by Gasteiger charge is -2.20. The Morgan fingerprint density at radius 3 is 2.73 bits per heavy atom. The summed E-state index contributed by atoms with van der Waals surface area (Å²) in [5.41, 5.74) is 1.36. The number of hydrogen-bond donors (Lipinski definition) is 1. The molecule has 1 amide bonds. The molecule has 0 unspecified atom stereocenters. The summed E-state index contributed by atoms with van der Waals surface area (Å²) < 4.78 is 5.35. The minimum Gasteiger partial charge on any atom is -0.469 e. The molecule has 0 fully saturated rings. The first-order chi connectivity index (χ1) is 10.4. The molecule has 0 bridgehead atoms. The number of aromatic nitrogens is 1. The summed E-state index contributed by atoms with van der Waals surface area (Å²) in [6, 6.07) is 3.68. The molecule has 0 saturated carbocycles. The van der Waals surface area contributed by atoms with Crippen molar-refractivity contribution in [3.8, 4) is 10.4 Å². The number of carbonyl (C=O) groups is 2. The predicted molar refractivity (Wildman–Crippen MR) is 87.3 cm³/mol. The van der Waals surface area contributed by atoms with Gasteiger partial charge in [0.2, 0.25) is 0 Å². The van der Waals surface area contributed by atoms with Crippen LogP contribution in [0.3, 0.4) is 0 Å². The van der Waals surface area contributed by atoms with E-state index in [1.165, 1.54) is 23.3 Å². The van der Waals surface area contributed by atoms with Gasteiger partial charge in [-0.25, -0.2) is 0 Å². The molecule has 1 N–H and O–H groups in total. The van der Waals surface area contributed by atoms with Crippen LogP contribution in [-0.2, 0) is 9.53 Å². The number of rotatable bonds is 5. The van der Waals surface area contributed by atoms with Crippen molar-refractivity contribution in [1.82, 2.24) is 9.88 Å². The van der Waals surface area contributed by atoms with Crippen LogP contribution >= 0.6 is 22.9 Å². The van der Waals surface area contributed by atoms with E-state index in [0.717, 1.165) is 10.4 Å². The van der Waals surface area contributed by atoms with Gasteiger partial charge in [0.1, 0.15) is 0 Å². The second-order valence-electron chi connectivity index (χ2n) is 5.00. The van der Waals surface area contributed by atoms with Crippen LogP contribution in [0.15, 0.2) is 24.5 Å². The van der Waals surface area contributed by atoms with Gasteiger partial charge in [0.05, 0.1) is 22.9 Å². The van der Waals surface area contributed by atoms with Gasteiger partial charge in [-0.3, -0.25) is 9.59 Å². The number of methoxy groups -OCH3 is 1. The molecular weight excluding hydrogens is 324 g/mol. The van der Waals surface area contributed by atoms with E-state index in [9.17, 15) is 9.59 Å². The van der Waals surface area contributed by atoms with Gasteiger partial charge in [-0.1, -0.05) is 18.5 Å². The van der Waals surface area contributed by atoms with Crippen LogP contribution in [0.1, 0.15) is 17.3 Å². The molecule has 22 heavy (non-hydrogen) atoms. The third-order valence-corrected chi connectivity index (χ3v) is 4.58. The van der Waals surface area contributed by atoms with Crippen molar-refractivity contribution >= 4 is 34.8 Å². The molecule has 2 aromatic heterocycles. The lowest BCUT2D eigenvalue weighted by molar-refractivity contribution is -0.145. The van der Waals surface area contributed by atoms with Crippen molar-refractivity contribution in [2.45, 2.75) is 6.92 Å². The Balaban J connectivity index is 2.17. The quantitative estimate of drug-likeness (QED) is 0.850. The fourth-order valence-corrected chi connectivity index (χ4v) is 3.25. The summed E-state index contributed by atoms with van der Waals surface area (Å²) in [6.07, 6.45) is 3.43. The maximum absolute atomic E-state index is 12.6. The molecule has 1 atom stereocenters. The number of amides is 1. The number of H-pyrrole nitrogens is 1. The largest absolute Gasteiger partial charge is 0.469 e. The van der Waals surface area contributed by atoms with E-state index in [-0.39, 0.29) is 17.8 Å². The molecule has 0 aliphatic heterocycles. The average Bonchev–Trinajstić information content (AvgIpc) is 3.13. The zero-order chi connectivity index (χ0) is 16.3.